The van der Waals surface area contributed by atoms with E-state index >= 15 is 0 Å². The second kappa shape index (κ2) is 5.78. The SMILES string of the molecule is CN1CC[C@H]2OCCN(C(=O)c3c(Cl)nc4ccccn34)[C@H]2C1. The average molecular weight is 335 g/mol. The fourth-order valence-electron chi connectivity index (χ4n) is 3.58. The van der Waals surface area contributed by atoms with Crippen LogP contribution in [0.25, 0.3) is 5.65 Å². The number of imidazole rings is 1. The van der Waals surface area contributed by atoms with Gasteiger partial charge in [0.25, 0.3) is 5.91 Å². The molecule has 6 nitrogen and oxygen atoms in total. The lowest BCUT2D eigenvalue weighted by molar-refractivity contribution is -0.0871. The quantitative estimate of drug-likeness (QED) is 0.793. The summed E-state index contributed by atoms with van der Waals surface area (Å²) in [6.07, 6.45) is 2.89. The molecular formula is C16H19ClN4O2. The maximum atomic E-state index is 13.2. The number of likely N-dealkylation sites (tertiary alicyclic amines) is 1. The van der Waals surface area contributed by atoms with Gasteiger partial charge in [-0.2, -0.15) is 0 Å². The van der Waals surface area contributed by atoms with Crippen LogP contribution in [-0.4, -0.2) is 70.5 Å². The molecule has 0 N–H and O–H groups in total. The van der Waals surface area contributed by atoms with Crippen LogP contribution >= 0.6 is 11.6 Å². The number of rotatable bonds is 1. The number of amides is 1. The van der Waals surface area contributed by atoms with Gasteiger partial charge in [-0.15, -0.1) is 0 Å². The van der Waals surface area contributed by atoms with E-state index in [0.29, 0.717) is 24.5 Å². The van der Waals surface area contributed by atoms with E-state index in [1.807, 2.05) is 29.3 Å². The molecule has 2 saturated heterocycles. The van der Waals surface area contributed by atoms with Crippen molar-refractivity contribution >= 4 is 23.2 Å². The van der Waals surface area contributed by atoms with Crippen molar-refractivity contribution in [2.24, 2.45) is 0 Å². The number of aromatic nitrogens is 2. The van der Waals surface area contributed by atoms with E-state index in [1.54, 1.807) is 4.40 Å². The lowest BCUT2D eigenvalue weighted by Gasteiger charge is -2.46. The summed E-state index contributed by atoms with van der Waals surface area (Å²) in [4.78, 5) is 21.6. The monoisotopic (exact) mass is 334 g/mol. The van der Waals surface area contributed by atoms with Crippen molar-refractivity contribution in [3.63, 3.8) is 0 Å². The van der Waals surface area contributed by atoms with Gasteiger partial charge in [0.1, 0.15) is 5.65 Å². The maximum absolute atomic E-state index is 13.2. The van der Waals surface area contributed by atoms with Crippen molar-refractivity contribution in [3.8, 4) is 0 Å². The molecule has 2 aliphatic heterocycles. The molecule has 2 aromatic heterocycles. The van der Waals surface area contributed by atoms with Crippen LogP contribution in [0.3, 0.4) is 0 Å². The summed E-state index contributed by atoms with van der Waals surface area (Å²) >= 11 is 6.26. The Morgan fingerprint density at radius 2 is 2.26 bits per heavy atom. The van der Waals surface area contributed by atoms with Crippen molar-refractivity contribution < 1.29 is 9.53 Å². The molecule has 7 heteroatoms. The molecule has 2 fully saturated rings. The number of likely N-dealkylation sites (N-methyl/N-ethyl adjacent to an activating group) is 1. The van der Waals surface area contributed by atoms with Gasteiger partial charge in [-0.3, -0.25) is 9.20 Å². The number of pyridine rings is 1. The van der Waals surface area contributed by atoms with Gasteiger partial charge in [0.2, 0.25) is 0 Å². The first kappa shape index (κ1) is 14.9. The molecule has 0 bridgehead atoms. The summed E-state index contributed by atoms with van der Waals surface area (Å²) in [6.45, 7) is 2.99. The molecule has 2 atom stereocenters. The Labute approximate surface area is 139 Å². The lowest BCUT2D eigenvalue weighted by Crippen LogP contribution is -2.60. The van der Waals surface area contributed by atoms with E-state index in [1.165, 1.54) is 0 Å². The third-order valence-corrected chi connectivity index (χ3v) is 5.00. The van der Waals surface area contributed by atoms with Crippen molar-refractivity contribution in [2.75, 3.05) is 33.3 Å². The van der Waals surface area contributed by atoms with Gasteiger partial charge in [-0.25, -0.2) is 4.98 Å². The van der Waals surface area contributed by atoms with Gasteiger partial charge in [0.15, 0.2) is 10.8 Å². The Hall–Kier alpha value is -1.63. The zero-order chi connectivity index (χ0) is 16.0. The molecular weight excluding hydrogens is 316 g/mol. The maximum Gasteiger partial charge on any atom is 0.274 e. The minimum Gasteiger partial charge on any atom is -0.374 e. The first-order valence-corrected chi connectivity index (χ1v) is 8.26. The summed E-state index contributed by atoms with van der Waals surface area (Å²) in [7, 11) is 2.08. The summed E-state index contributed by atoms with van der Waals surface area (Å²) < 4.78 is 7.64. The molecule has 2 aliphatic rings. The molecule has 122 valence electrons. The van der Waals surface area contributed by atoms with Crippen molar-refractivity contribution in [2.45, 2.75) is 18.6 Å². The van der Waals surface area contributed by atoms with E-state index in [-0.39, 0.29) is 23.2 Å². The van der Waals surface area contributed by atoms with Crippen LogP contribution in [0, 0.1) is 0 Å². The van der Waals surface area contributed by atoms with Crippen LogP contribution in [0.4, 0.5) is 0 Å². The molecule has 0 spiro atoms. The van der Waals surface area contributed by atoms with Crippen LogP contribution in [0.5, 0.6) is 0 Å². The van der Waals surface area contributed by atoms with Crippen LogP contribution in [0.2, 0.25) is 5.15 Å². The Morgan fingerprint density at radius 1 is 1.39 bits per heavy atom. The summed E-state index contributed by atoms with van der Waals surface area (Å²) in [5.74, 6) is -0.0673. The molecule has 0 unspecified atom stereocenters. The van der Waals surface area contributed by atoms with Crippen LogP contribution in [0.15, 0.2) is 24.4 Å². The molecule has 4 heterocycles. The van der Waals surface area contributed by atoms with Gasteiger partial charge in [0.05, 0.1) is 18.8 Å². The lowest BCUT2D eigenvalue weighted by atomic mass is 9.99. The van der Waals surface area contributed by atoms with Gasteiger partial charge in [-0.1, -0.05) is 17.7 Å². The highest BCUT2D eigenvalue weighted by molar-refractivity contribution is 6.32. The van der Waals surface area contributed by atoms with Crippen LogP contribution < -0.4 is 0 Å². The van der Waals surface area contributed by atoms with Crippen molar-refractivity contribution in [3.05, 3.63) is 35.2 Å². The number of hydrogen-bond donors (Lipinski definition) is 0. The molecule has 0 aromatic carbocycles. The number of morpholine rings is 1. The topological polar surface area (TPSA) is 50.1 Å². The van der Waals surface area contributed by atoms with E-state index in [0.717, 1.165) is 19.5 Å². The number of halogens is 1. The second-order valence-electron chi connectivity index (χ2n) is 6.21. The molecule has 0 saturated carbocycles. The van der Waals surface area contributed by atoms with E-state index in [4.69, 9.17) is 16.3 Å². The van der Waals surface area contributed by atoms with Crippen molar-refractivity contribution in [1.82, 2.24) is 19.2 Å². The number of fused-ring (bicyclic) bond motifs is 2. The molecule has 4 rings (SSSR count). The number of carbonyl (C=O) groups excluding carboxylic acids is 1. The summed E-state index contributed by atoms with van der Waals surface area (Å²) in [5.41, 5.74) is 1.13. The predicted molar refractivity (Wildman–Crippen MR) is 86.9 cm³/mol. The molecule has 2 aromatic rings. The third-order valence-electron chi connectivity index (χ3n) is 4.74. The summed E-state index contributed by atoms with van der Waals surface area (Å²) in [6, 6.07) is 5.67. The normalized spacial score (nSPS) is 25.6. The van der Waals surface area contributed by atoms with Gasteiger partial charge < -0.3 is 14.5 Å². The highest BCUT2D eigenvalue weighted by atomic mass is 35.5. The van der Waals surface area contributed by atoms with Gasteiger partial charge >= 0.3 is 0 Å². The zero-order valence-corrected chi connectivity index (χ0v) is 13.7. The summed E-state index contributed by atoms with van der Waals surface area (Å²) in [5, 5.41) is 0.258. The highest BCUT2D eigenvalue weighted by Crippen LogP contribution is 2.26. The van der Waals surface area contributed by atoms with Crippen molar-refractivity contribution in [1.29, 1.82) is 0 Å². The minimum atomic E-state index is -0.0673. The number of nitrogens with zero attached hydrogens (tertiary/aromatic N) is 4. The fourth-order valence-corrected chi connectivity index (χ4v) is 3.84. The number of ether oxygens (including phenoxy) is 1. The Balaban J connectivity index is 1.71. The first-order valence-electron chi connectivity index (χ1n) is 7.89. The van der Waals surface area contributed by atoms with E-state index in [9.17, 15) is 4.79 Å². The van der Waals surface area contributed by atoms with E-state index < -0.39 is 0 Å². The standard InChI is InChI=1S/C16H19ClN4O2/c1-19-7-5-12-11(10-19)20(8-9-23-12)16(22)14-15(17)18-13-4-2-3-6-21(13)14/h2-4,6,11-12H,5,7-10H2,1H3/t11-,12+/m0/s1. The molecule has 0 aliphatic carbocycles. The minimum absolute atomic E-state index is 0.0673. The Kier molecular flexibility index (Phi) is 3.75. The largest absolute Gasteiger partial charge is 0.374 e. The van der Waals surface area contributed by atoms with E-state index in [2.05, 4.69) is 16.9 Å². The Bertz CT molecular complexity index is 747. The third kappa shape index (κ3) is 2.51. The first-order chi connectivity index (χ1) is 11.1. The zero-order valence-electron chi connectivity index (χ0n) is 13.0. The predicted octanol–water partition coefficient (Wildman–Crippen LogP) is 1.53. The van der Waals surface area contributed by atoms with Crippen LogP contribution in [-0.2, 0) is 4.74 Å². The van der Waals surface area contributed by atoms with Gasteiger partial charge in [-0.05, 0) is 25.6 Å². The Morgan fingerprint density at radius 3 is 3.13 bits per heavy atom. The molecule has 1 amide bonds. The average Bonchev–Trinajstić information content (AvgIpc) is 2.89. The molecule has 23 heavy (non-hydrogen) atoms. The smallest absolute Gasteiger partial charge is 0.274 e. The van der Waals surface area contributed by atoms with Gasteiger partial charge in [0, 0.05) is 25.8 Å². The highest BCUT2D eigenvalue weighted by Gasteiger charge is 2.39. The molecule has 0 radical (unpaired) electrons. The number of hydrogen-bond acceptors (Lipinski definition) is 4. The fraction of sp³-hybridized carbons (Fsp3) is 0.500. The second-order valence-corrected chi connectivity index (χ2v) is 6.56. The van der Waals surface area contributed by atoms with Crippen LogP contribution in [0.1, 0.15) is 16.9 Å². The number of piperidine rings is 1. The number of carbonyl (C=O) groups is 1.